The zero-order valence-electron chi connectivity index (χ0n) is 15.9. The van der Waals surface area contributed by atoms with E-state index in [9.17, 15) is 4.79 Å². The van der Waals surface area contributed by atoms with E-state index in [1.807, 2.05) is 18.2 Å². The molecule has 1 N–H and O–H groups in total. The average molecular weight is 375 g/mol. The largest absolute Gasteiger partial charge is 0.493 e. The first-order chi connectivity index (χ1) is 13.1. The summed E-state index contributed by atoms with van der Waals surface area (Å²) in [6, 6.07) is 7.41. The van der Waals surface area contributed by atoms with Crippen LogP contribution in [0.15, 0.2) is 28.8 Å². The number of ether oxygens (including phenoxy) is 3. The number of carbonyl (C=O) groups is 1. The fourth-order valence-electron chi connectivity index (χ4n) is 3.15. The van der Waals surface area contributed by atoms with Crippen LogP contribution in [0.25, 0.3) is 0 Å². The summed E-state index contributed by atoms with van der Waals surface area (Å²) in [7, 11) is 3.22. The van der Waals surface area contributed by atoms with Gasteiger partial charge in [0.25, 0.3) is 5.91 Å². The number of nitrogens with one attached hydrogen (secondary N) is 1. The van der Waals surface area contributed by atoms with E-state index < -0.39 is 0 Å². The van der Waals surface area contributed by atoms with Gasteiger partial charge in [0, 0.05) is 25.7 Å². The average Bonchev–Trinajstić information content (AvgIpc) is 3.15. The van der Waals surface area contributed by atoms with Crippen molar-refractivity contribution in [2.24, 2.45) is 0 Å². The summed E-state index contributed by atoms with van der Waals surface area (Å²) in [5, 5.41) is 6.71. The summed E-state index contributed by atoms with van der Waals surface area (Å²) in [5.41, 5.74) is 1.70. The third-order valence-electron chi connectivity index (χ3n) is 4.59. The van der Waals surface area contributed by atoms with E-state index in [1.165, 1.54) is 0 Å². The monoisotopic (exact) mass is 375 g/mol. The summed E-state index contributed by atoms with van der Waals surface area (Å²) < 4.78 is 21.3. The summed E-state index contributed by atoms with van der Waals surface area (Å²) in [6.07, 6.45) is 0. The molecule has 0 saturated carbocycles. The number of hydrogen-bond acceptors (Lipinski definition) is 7. The van der Waals surface area contributed by atoms with Crippen molar-refractivity contribution < 1.29 is 23.5 Å². The van der Waals surface area contributed by atoms with Crippen LogP contribution in [0.4, 0.5) is 0 Å². The van der Waals surface area contributed by atoms with Gasteiger partial charge in [0.2, 0.25) is 5.76 Å². The predicted molar refractivity (Wildman–Crippen MR) is 98.3 cm³/mol. The van der Waals surface area contributed by atoms with Gasteiger partial charge in [-0.15, -0.1) is 0 Å². The van der Waals surface area contributed by atoms with Crippen LogP contribution in [0.3, 0.4) is 0 Å². The van der Waals surface area contributed by atoms with Crippen LogP contribution in [0.5, 0.6) is 11.5 Å². The number of nitrogens with zero attached hydrogens (tertiary/aromatic N) is 2. The van der Waals surface area contributed by atoms with Gasteiger partial charge >= 0.3 is 0 Å². The number of benzene rings is 1. The SMILES string of the molecule is COc1ccc(C(CNC(=O)c2cc(C)no2)N2CCOCC2)cc1OC. The highest BCUT2D eigenvalue weighted by Gasteiger charge is 2.25. The number of hydrogen-bond donors (Lipinski definition) is 1. The molecule has 1 unspecified atom stereocenters. The van der Waals surface area contributed by atoms with Crippen molar-refractivity contribution >= 4 is 5.91 Å². The van der Waals surface area contributed by atoms with E-state index in [4.69, 9.17) is 18.7 Å². The Labute approximate surface area is 158 Å². The Kier molecular flexibility index (Phi) is 6.31. The Hall–Kier alpha value is -2.58. The molecule has 146 valence electrons. The lowest BCUT2D eigenvalue weighted by Gasteiger charge is -2.35. The molecule has 0 spiro atoms. The molecule has 1 saturated heterocycles. The molecule has 3 rings (SSSR count). The van der Waals surface area contributed by atoms with Crippen molar-refractivity contribution in [1.29, 1.82) is 0 Å². The van der Waals surface area contributed by atoms with E-state index in [0.29, 0.717) is 37.0 Å². The lowest BCUT2D eigenvalue weighted by molar-refractivity contribution is 0.0161. The summed E-state index contributed by atoms with van der Waals surface area (Å²) in [4.78, 5) is 14.7. The zero-order valence-corrected chi connectivity index (χ0v) is 15.9. The van der Waals surface area contributed by atoms with Crippen LogP contribution < -0.4 is 14.8 Å². The Morgan fingerprint density at radius 2 is 1.96 bits per heavy atom. The molecule has 1 aromatic heterocycles. The van der Waals surface area contributed by atoms with Crippen LogP contribution in [0.1, 0.15) is 27.9 Å². The van der Waals surface area contributed by atoms with Gasteiger partial charge in [-0.1, -0.05) is 11.2 Å². The first-order valence-electron chi connectivity index (χ1n) is 8.87. The highest BCUT2D eigenvalue weighted by atomic mass is 16.5. The highest BCUT2D eigenvalue weighted by molar-refractivity contribution is 5.91. The summed E-state index contributed by atoms with van der Waals surface area (Å²) in [5.74, 6) is 1.25. The van der Waals surface area contributed by atoms with Crippen molar-refractivity contribution in [3.63, 3.8) is 0 Å². The summed E-state index contributed by atoms with van der Waals surface area (Å²) >= 11 is 0. The van der Waals surface area contributed by atoms with E-state index in [1.54, 1.807) is 27.2 Å². The first-order valence-corrected chi connectivity index (χ1v) is 8.87. The number of methoxy groups -OCH3 is 2. The number of morpholine rings is 1. The van der Waals surface area contributed by atoms with Crippen LogP contribution in [0, 0.1) is 6.92 Å². The van der Waals surface area contributed by atoms with Gasteiger partial charge in [0.05, 0.1) is 39.2 Å². The molecule has 1 aromatic carbocycles. The molecule has 1 aliphatic heterocycles. The number of aromatic nitrogens is 1. The molecule has 8 heteroatoms. The number of amides is 1. The van der Waals surface area contributed by atoms with Gasteiger partial charge in [-0.05, 0) is 24.6 Å². The fourth-order valence-corrected chi connectivity index (χ4v) is 3.15. The smallest absolute Gasteiger partial charge is 0.289 e. The molecule has 0 bridgehead atoms. The van der Waals surface area contributed by atoms with Gasteiger partial charge in [0.1, 0.15) is 0 Å². The van der Waals surface area contributed by atoms with E-state index in [2.05, 4.69) is 15.4 Å². The van der Waals surface area contributed by atoms with Gasteiger partial charge in [-0.25, -0.2) is 0 Å². The van der Waals surface area contributed by atoms with Crippen molar-refractivity contribution in [3.8, 4) is 11.5 Å². The molecule has 1 fully saturated rings. The maximum atomic E-state index is 12.4. The topological polar surface area (TPSA) is 86.1 Å². The lowest BCUT2D eigenvalue weighted by atomic mass is 10.0. The quantitative estimate of drug-likeness (QED) is 0.790. The van der Waals surface area contributed by atoms with Gasteiger partial charge in [0.15, 0.2) is 11.5 Å². The minimum atomic E-state index is -0.283. The van der Waals surface area contributed by atoms with E-state index in [-0.39, 0.29) is 17.7 Å². The molecule has 1 aliphatic rings. The summed E-state index contributed by atoms with van der Waals surface area (Å²) in [6.45, 7) is 5.11. The lowest BCUT2D eigenvalue weighted by Crippen LogP contribution is -2.43. The maximum absolute atomic E-state index is 12.4. The molecule has 27 heavy (non-hydrogen) atoms. The second-order valence-electron chi connectivity index (χ2n) is 6.32. The molecule has 1 atom stereocenters. The van der Waals surface area contributed by atoms with Crippen molar-refractivity contribution in [2.45, 2.75) is 13.0 Å². The normalized spacial score (nSPS) is 16.0. The maximum Gasteiger partial charge on any atom is 0.289 e. The Morgan fingerprint density at radius 3 is 2.59 bits per heavy atom. The van der Waals surface area contributed by atoms with Gasteiger partial charge in [-0.2, -0.15) is 0 Å². The Bertz CT molecular complexity index is 770. The minimum absolute atomic E-state index is 0.0262. The molecule has 0 aliphatic carbocycles. The molecular weight excluding hydrogens is 350 g/mol. The van der Waals surface area contributed by atoms with Crippen molar-refractivity contribution in [1.82, 2.24) is 15.4 Å². The minimum Gasteiger partial charge on any atom is -0.493 e. The Morgan fingerprint density at radius 1 is 1.22 bits per heavy atom. The molecule has 0 radical (unpaired) electrons. The van der Waals surface area contributed by atoms with Gasteiger partial charge < -0.3 is 24.1 Å². The van der Waals surface area contributed by atoms with Crippen LogP contribution in [-0.4, -0.2) is 63.0 Å². The van der Waals surface area contributed by atoms with Crippen LogP contribution in [0.2, 0.25) is 0 Å². The molecule has 2 heterocycles. The van der Waals surface area contributed by atoms with Crippen LogP contribution >= 0.6 is 0 Å². The number of carbonyl (C=O) groups excluding carboxylic acids is 1. The highest BCUT2D eigenvalue weighted by Crippen LogP contribution is 2.32. The molecule has 1 amide bonds. The third kappa shape index (κ3) is 4.58. The first kappa shape index (κ1) is 19.2. The van der Waals surface area contributed by atoms with Crippen LogP contribution in [-0.2, 0) is 4.74 Å². The van der Waals surface area contributed by atoms with Crippen molar-refractivity contribution in [3.05, 3.63) is 41.3 Å². The molecule has 8 nitrogen and oxygen atoms in total. The standard InChI is InChI=1S/C19H25N3O5/c1-13-10-18(27-21-13)19(23)20-12-15(22-6-8-26-9-7-22)14-4-5-16(24-2)17(11-14)25-3/h4-5,10-11,15H,6-9,12H2,1-3H3,(H,20,23). The van der Waals surface area contributed by atoms with E-state index in [0.717, 1.165) is 18.7 Å². The predicted octanol–water partition coefficient (Wildman–Crippen LogP) is 1.80. The second-order valence-corrected chi connectivity index (χ2v) is 6.32. The number of rotatable bonds is 7. The third-order valence-corrected chi connectivity index (χ3v) is 4.59. The molecular formula is C19H25N3O5. The fraction of sp³-hybridized carbons (Fsp3) is 0.474. The number of aryl methyl sites for hydroxylation is 1. The van der Waals surface area contributed by atoms with Gasteiger partial charge in [-0.3, -0.25) is 9.69 Å². The van der Waals surface area contributed by atoms with Crippen molar-refractivity contribution in [2.75, 3.05) is 47.1 Å². The zero-order chi connectivity index (χ0) is 19.2. The van der Waals surface area contributed by atoms with E-state index >= 15 is 0 Å². The second kappa shape index (κ2) is 8.88. The molecule has 2 aromatic rings. The Balaban J connectivity index is 1.79.